The zero-order valence-electron chi connectivity index (χ0n) is 8.28. The molecule has 2 rings (SSSR count). The van der Waals surface area contributed by atoms with E-state index >= 15 is 0 Å². The highest BCUT2D eigenvalue weighted by Crippen LogP contribution is 2.22. The minimum absolute atomic E-state index is 0.100. The molecule has 6 nitrogen and oxygen atoms in total. The number of aromatic nitrogens is 3. The number of pyridine rings is 1. The van der Waals surface area contributed by atoms with Gasteiger partial charge in [0.1, 0.15) is 11.6 Å². The molecule has 0 aromatic carbocycles. The molecule has 0 atom stereocenters. The van der Waals surface area contributed by atoms with Crippen LogP contribution in [0.2, 0.25) is 0 Å². The molecular formula is C9H5ClN4O2S. The summed E-state index contributed by atoms with van der Waals surface area (Å²) in [5.41, 5.74) is 0.359. The predicted molar refractivity (Wildman–Crippen MR) is 59.1 cm³/mol. The van der Waals surface area contributed by atoms with E-state index in [2.05, 4.69) is 10.1 Å². The summed E-state index contributed by atoms with van der Waals surface area (Å²) in [5.74, 6) is 0. The topological polar surface area (TPSA) is 88.6 Å². The van der Waals surface area contributed by atoms with Crippen LogP contribution in [0.15, 0.2) is 35.7 Å². The lowest BCUT2D eigenvalue weighted by Crippen LogP contribution is -2.05. The monoisotopic (exact) mass is 268 g/mol. The highest BCUT2D eigenvalue weighted by atomic mass is 35.7. The first-order chi connectivity index (χ1) is 8.04. The van der Waals surface area contributed by atoms with Crippen LogP contribution >= 0.6 is 10.7 Å². The van der Waals surface area contributed by atoms with Gasteiger partial charge in [0.05, 0.1) is 11.9 Å². The Kier molecular flexibility index (Phi) is 2.83. The van der Waals surface area contributed by atoms with Gasteiger partial charge >= 0.3 is 0 Å². The normalized spacial score (nSPS) is 11.1. The van der Waals surface area contributed by atoms with Crippen molar-refractivity contribution in [3.63, 3.8) is 0 Å². The summed E-state index contributed by atoms with van der Waals surface area (Å²) in [7, 11) is 1.23. The third-order valence-electron chi connectivity index (χ3n) is 1.98. The Bertz CT molecular complexity index is 688. The van der Waals surface area contributed by atoms with Gasteiger partial charge in [-0.1, -0.05) is 0 Å². The van der Waals surface area contributed by atoms with Crippen LogP contribution in [0.1, 0.15) is 5.56 Å². The van der Waals surface area contributed by atoms with Gasteiger partial charge in [-0.05, 0) is 12.1 Å². The van der Waals surface area contributed by atoms with E-state index in [0.717, 1.165) is 10.9 Å². The second kappa shape index (κ2) is 4.16. The van der Waals surface area contributed by atoms with Crippen LogP contribution in [0.25, 0.3) is 5.69 Å². The highest BCUT2D eigenvalue weighted by Gasteiger charge is 2.23. The molecule has 0 unspecified atom stereocenters. The summed E-state index contributed by atoms with van der Waals surface area (Å²) in [6.45, 7) is 0. The van der Waals surface area contributed by atoms with Crippen molar-refractivity contribution in [1.82, 2.24) is 14.8 Å². The van der Waals surface area contributed by atoms with E-state index in [1.807, 2.05) is 0 Å². The van der Waals surface area contributed by atoms with Crippen LogP contribution in [0.4, 0.5) is 0 Å². The summed E-state index contributed by atoms with van der Waals surface area (Å²) < 4.78 is 23.9. The molecule has 0 saturated heterocycles. The first kappa shape index (κ1) is 11.6. The zero-order valence-corrected chi connectivity index (χ0v) is 9.85. The lowest BCUT2D eigenvalue weighted by Gasteiger charge is -2.03. The number of hydrogen-bond donors (Lipinski definition) is 0. The van der Waals surface area contributed by atoms with Gasteiger partial charge in [-0.3, -0.25) is 4.98 Å². The molecule has 0 fully saturated rings. The van der Waals surface area contributed by atoms with Crippen molar-refractivity contribution in [1.29, 1.82) is 5.26 Å². The van der Waals surface area contributed by atoms with Gasteiger partial charge in [0.25, 0.3) is 9.05 Å². The summed E-state index contributed by atoms with van der Waals surface area (Å²) in [4.78, 5) is 3.80. The number of rotatable bonds is 2. The van der Waals surface area contributed by atoms with E-state index in [9.17, 15) is 8.42 Å². The maximum atomic E-state index is 11.4. The molecule has 0 saturated carbocycles. The Labute approximate surface area is 102 Å². The quantitative estimate of drug-likeness (QED) is 0.760. The molecule has 17 heavy (non-hydrogen) atoms. The second-order valence-electron chi connectivity index (χ2n) is 3.03. The maximum Gasteiger partial charge on any atom is 0.280 e. The summed E-state index contributed by atoms with van der Waals surface area (Å²) >= 11 is 0. The predicted octanol–water partition coefficient (Wildman–Crippen LogP) is 1.07. The van der Waals surface area contributed by atoms with Crippen LogP contribution in [0.5, 0.6) is 0 Å². The van der Waals surface area contributed by atoms with Gasteiger partial charge in [-0.25, -0.2) is 13.1 Å². The molecule has 0 spiro atoms. The van der Waals surface area contributed by atoms with Crippen LogP contribution in [0.3, 0.4) is 0 Å². The fourth-order valence-electron chi connectivity index (χ4n) is 1.32. The van der Waals surface area contributed by atoms with E-state index in [1.165, 1.54) is 12.4 Å². The third-order valence-corrected chi connectivity index (χ3v) is 3.28. The molecule has 0 radical (unpaired) electrons. The van der Waals surface area contributed by atoms with Crippen molar-refractivity contribution in [2.45, 2.75) is 5.03 Å². The molecule has 0 aliphatic carbocycles. The number of nitrogens with zero attached hydrogens (tertiary/aromatic N) is 4. The third kappa shape index (κ3) is 2.13. The largest absolute Gasteiger partial charge is 0.280 e. The van der Waals surface area contributed by atoms with E-state index in [4.69, 9.17) is 15.9 Å². The number of halogens is 1. The molecule has 2 aromatic heterocycles. The molecular weight excluding hydrogens is 264 g/mol. The molecule has 0 aliphatic rings. The fraction of sp³-hybridized carbons (Fsp3) is 0. The minimum atomic E-state index is -4.05. The molecule has 0 bridgehead atoms. The second-order valence-corrected chi connectivity index (χ2v) is 5.51. The smallest absolute Gasteiger partial charge is 0.265 e. The van der Waals surface area contributed by atoms with E-state index in [1.54, 1.807) is 18.2 Å². The van der Waals surface area contributed by atoms with Gasteiger partial charge in [0, 0.05) is 23.1 Å². The SMILES string of the molecule is N#Cc1cnn(-c2ccncc2)c1S(=O)(=O)Cl. The van der Waals surface area contributed by atoms with Gasteiger partial charge in [0.2, 0.25) is 0 Å². The number of nitriles is 1. The molecule has 2 heterocycles. The minimum Gasteiger partial charge on any atom is -0.265 e. The van der Waals surface area contributed by atoms with Crippen molar-refractivity contribution >= 4 is 19.7 Å². The van der Waals surface area contributed by atoms with Crippen LogP contribution in [-0.2, 0) is 9.05 Å². The van der Waals surface area contributed by atoms with Gasteiger partial charge in [-0.15, -0.1) is 0 Å². The van der Waals surface area contributed by atoms with Crippen molar-refractivity contribution in [2.75, 3.05) is 0 Å². The van der Waals surface area contributed by atoms with E-state index < -0.39 is 9.05 Å². The lowest BCUT2D eigenvalue weighted by molar-refractivity contribution is 0.599. The van der Waals surface area contributed by atoms with E-state index in [-0.39, 0.29) is 10.6 Å². The zero-order chi connectivity index (χ0) is 12.5. The van der Waals surface area contributed by atoms with Crippen LogP contribution in [-0.4, -0.2) is 23.2 Å². The first-order valence-electron chi connectivity index (χ1n) is 4.37. The average molecular weight is 269 g/mol. The number of hydrogen-bond acceptors (Lipinski definition) is 5. The molecule has 0 aliphatic heterocycles. The van der Waals surface area contributed by atoms with Crippen molar-refractivity contribution in [2.24, 2.45) is 0 Å². The fourth-order valence-corrected chi connectivity index (χ4v) is 2.48. The van der Waals surface area contributed by atoms with Gasteiger partial charge in [-0.2, -0.15) is 10.4 Å². The van der Waals surface area contributed by atoms with E-state index in [0.29, 0.717) is 5.69 Å². The molecule has 2 aromatic rings. The summed E-state index contributed by atoms with van der Waals surface area (Å²) in [6.07, 6.45) is 4.11. The Morgan fingerprint density at radius 2 is 2.00 bits per heavy atom. The standard InChI is InChI=1S/C9H5ClN4O2S/c10-17(15,16)9-7(5-11)6-13-14(9)8-1-3-12-4-2-8/h1-4,6H. The average Bonchev–Trinajstić information content (AvgIpc) is 2.73. The molecule has 0 amide bonds. The maximum absolute atomic E-state index is 11.4. The Hall–Kier alpha value is -1.91. The molecule has 0 N–H and O–H groups in total. The van der Waals surface area contributed by atoms with Gasteiger partial charge in [0.15, 0.2) is 5.03 Å². The van der Waals surface area contributed by atoms with Crippen LogP contribution in [0, 0.1) is 11.3 Å². The summed E-state index contributed by atoms with van der Waals surface area (Å²) in [6, 6.07) is 4.84. The molecule has 86 valence electrons. The Balaban J connectivity index is 2.74. The van der Waals surface area contributed by atoms with Crippen LogP contribution < -0.4 is 0 Å². The Morgan fingerprint density at radius 3 is 2.53 bits per heavy atom. The van der Waals surface area contributed by atoms with Gasteiger partial charge < -0.3 is 0 Å². The highest BCUT2D eigenvalue weighted by molar-refractivity contribution is 8.13. The lowest BCUT2D eigenvalue weighted by atomic mass is 10.4. The Morgan fingerprint density at radius 1 is 1.35 bits per heavy atom. The van der Waals surface area contributed by atoms with Crippen molar-refractivity contribution in [3.8, 4) is 11.8 Å². The summed E-state index contributed by atoms with van der Waals surface area (Å²) in [5, 5.41) is 12.3. The van der Waals surface area contributed by atoms with Crippen molar-refractivity contribution in [3.05, 3.63) is 36.3 Å². The molecule has 8 heteroatoms. The first-order valence-corrected chi connectivity index (χ1v) is 6.68. The van der Waals surface area contributed by atoms with Crippen molar-refractivity contribution < 1.29 is 8.42 Å².